The lowest BCUT2D eigenvalue weighted by atomic mass is 9.77. The highest BCUT2D eigenvalue weighted by Crippen LogP contribution is 2.31. The maximum Gasteiger partial charge on any atom is 0.247 e. The van der Waals surface area contributed by atoms with Gasteiger partial charge < -0.3 is 10.4 Å². The van der Waals surface area contributed by atoms with Gasteiger partial charge in [0, 0.05) is 5.57 Å². The third-order valence-corrected chi connectivity index (χ3v) is 2.78. The van der Waals surface area contributed by atoms with Gasteiger partial charge in [0.25, 0.3) is 0 Å². The van der Waals surface area contributed by atoms with Crippen molar-refractivity contribution < 1.29 is 9.90 Å². The lowest BCUT2D eigenvalue weighted by Gasteiger charge is -2.41. The highest BCUT2D eigenvalue weighted by Gasteiger charge is 2.37. The van der Waals surface area contributed by atoms with E-state index in [-0.39, 0.29) is 18.1 Å². The number of rotatable bonds is 3. The first kappa shape index (κ1) is 10.3. The largest absolute Gasteiger partial charge is 0.394 e. The summed E-state index contributed by atoms with van der Waals surface area (Å²) in [6.45, 7) is 3.66. The lowest BCUT2D eigenvalue weighted by Crippen LogP contribution is -2.56. The molecule has 0 bridgehead atoms. The zero-order valence-electron chi connectivity index (χ0n) is 8.26. The number of hydrogen-bond donors (Lipinski definition) is 2. The number of carbonyl (C=O) groups excluding carboxylic acids is 1. The van der Waals surface area contributed by atoms with E-state index in [4.69, 9.17) is 5.11 Å². The van der Waals surface area contributed by atoms with Crippen LogP contribution in [0.1, 0.15) is 33.1 Å². The second-order valence-corrected chi connectivity index (χ2v) is 3.72. The zero-order valence-corrected chi connectivity index (χ0v) is 8.26. The van der Waals surface area contributed by atoms with Gasteiger partial charge in [-0.25, -0.2) is 0 Å². The Morgan fingerprint density at radius 2 is 2.23 bits per heavy atom. The first-order valence-corrected chi connectivity index (χ1v) is 4.70. The molecule has 1 aliphatic rings. The third-order valence-electron chi connectivity index (χ3n) is 2.78. The highest BCUT2D eigenvalue weighted by atomic mass is 16.3. The number of aliphatic hydroxyl groups excluding tert-OH is 1. The van der Waals surface area contributed by atoms with Crippen LogP contribution in [0.5, 0.6) is 0 Å². The van der Waals surface area contributed by atoms with Gasteiger partial charge in [0.1, 0.15) is 0 Å². The normalized spacial score (nSPS) is 20.7. The molecular formula is C10H17NO2. The molecule has 0 atom stereocenters. The number of aliphatic hydroxyl groups is 1. The summed E-state index contributed by atoms with van der Waals surface area (Å²) in [5, 5.41) is 12.0. The Kier molecular flexibility index (Phi) is 3.09. The van der Waals surface area contributed by atoms with Gasteiger partial charge in [-0.2, -0.15) is 0 Å². The van der Waals surface area contributed by atoms with Crippen LogP contribution < -0.4 is 5.32 Å². The summed E-state index contributed by atoms with van der Waals surface area (Å²) in [5.74, 6) is -0.0590. The highest BCUT2D eigenvalue weighted by molar-refractivity contribution is 5.93. The van der Waals surface area contributed by atoms with Gasteiger partial charge in [0.05, 0.1) is 12.1 Å². The van der Waals surface area contributed by atoms with Gasteiger partial charge in [-0.1, -0.05) is 6.08 Å². The van der Waals surface area contributed by atoms with Crippen molar-refractivity contribution in [3.05, 3.63) is 11.6 Å². The van der Waals surface area contributed by atoms with Crippen molar-refractivity contribution in [1.29, 1.82) is 0 Å². The maximum absolute atomic E-state index is 11.5. The van der Waals surface area contributed by atoms with Crippen LogP contribution in [0.25, 0.3) is 0 Å². The topological polar surface area (TPSA) is 49.3 Å². The molecule has 13 heavy (non-hydrogen) atoms. The summed E-state index contributed by atoms with van der Waals surface area (Å²) in [6, 6.07) is 0. The number of nitrogens with one attached hydrogen (secondary N) is 1. The van der Waals surface area contributed by atoms with Crippen LogP contribution >= 0.6 is 0 Å². The third kappa shape index (κ3) is 2.10. The fourth-order valence-corrected chi connectivity index (χ4v) is 1.40. The molecule has 1 saturated carbocycles. The van der Waals surface area contributed by atoms with Gasteiger partial charge in [-0.15, -0.1) is 0 Å². The molecule has 0 spiro atoms. The summed E-state index contributed by atoms with van der Waals surface area (Å²) in [6.07, 6.45) is 4.66. The van der Waals surface area contributed by atoms with Crippen molar-refractivity contribution >= 4 is 5.91 Å². The first-order valence-electron chi connectivity index (χ1n) is 4.70. The predicted octanol–water partition coefficient (Wildman–Crippen LogP) is 0.984. The van der Waals surface area contributed by atoms with Crippen molar-refractivity contribution in [2.24, 2.45) is 0 Å². The average molecular weight is 183 g/mol. The van der Waals surface area contributed by atoms with Crippen LogP contribution in [-0.2, 0) is 4.79 Å². The zero-order chi connectivity index (χ0) is 9.90. The molecule has 3 heteroatoms. The average Bonchev–Trinajstić information content (AvgIpc) is 2.09. The van der Waals surface area contributed by atoms with Gasteiger partial charge >= 0.3 is 0 Å². The summed E-state index contributed by atoms with van der Waals surface area (Å²) in [4.78, 5) is 11.5. The van der Waals surface area contributed by atoms with Crippen LogP contribution in [-0.4, -0.2) is 23.2 Å². The number of hydrogen-bond acceptors (Lipinski definition) is 2. The molecule has 1 rings (SSSR count). The first-order chi connectivity index (χ1) is 6.13. The second kappa shape index (κ2) is 3.92. The summed E-state index contributed by atoms with van der Waals surface area (Å²) >= 11 is 0. The van der Waals surface area contributed by atoms with E-state index in [1.54, 1.807) is 13.0 Å². The smallest absolute Gasteiger partial charge is 0.247 e. The molecular weight excluding hydrogens is 166 g/mol. The van der Waals surface area contributed by atoms with Crippen LogP contribution in [0.4, 0.5) is 0 Å². The molecule has 0 aromatic carbocycles. The van der Waals surface area contributed by atoms with Gasteiger partial charge in [0.2, 0.25) is 5.91 Å². The minimum absolute atomic E-state index is 0.0513. The lowest BCUT2D eigenvalue weighted by molar-refractivity contribution is -0.121. The van der Waals surface area contributed by atoms with Crippen LogP contribution in [0.3, 0.4) is 0 Å². The molecule has 0 aliphatic heterocycles. The molecule has 1 aliphatic carbocycles. The standard InChI is InChI=1S/C10H17NO2/c1-3-8(2)9(13)11-10(7-12)5-4-6-10/h3,12H,4-7H2,1-2H3,(H,11,13)/b8-3-. The van der Waals surface area contributed by atoms with Crippen LogP contribution in [0.2, 0.25) is 0 Å². The van der Waals surface area contributed by atoms with E-state index in [0.717, 1.165) is 19.3 Å². The van der Waals surface area contributed by atoms with E-state index >= 15 is 0 Å². The molecule has 1 amide bonds. The van der Waals surface area contributed by atoms with E-state index in [0.29, 0.717) is 5.57 Å². The summed E-state index contributed by atoms with van der Waals surface area (Å²) in [5.41, 5.74) is 0.390. The fourth-order valence-electron chi connectivity index (χ4n) is 1.40. The Balaban J connectivity index is 2.52. The SMILES string of the molecule is C/C=C(/C)C(=O)NC1(CO)CCC1. The Morgan fingerprint density at radius 1 is 1.62 bits per heavy atom. The predicted molar refractivity (Wildman–Crippen MR) is 51.2 cm³/mol. The van der Waals surface area contributed by atoms with Crippen molar-refractivity contribution in [1.82, 2.24) is 5.32 Å². The van der Waals surface area contributed by atoms with Crippen molar-refractivity contribution in [3.8, 4) is 0 Å². The molecule has 0 saturated heterocycles. The Bertz CT molecular complexity index is 224. The van der Waals surface area contributed by atoms with E-state index in [9.17, 15) is 4.79 Å². The van der Waals surface area contributed by atoms with Gasteiger partial charge in [0.15, 0.2) is 0 Å². The Morgan fingerprint density at radius 3 is 2.54 bits per heavy atom. The molecule has 0 unspecified atom stereocenters. The molecule has 0 radical (unpaired) electrons. The molecule has 3 nitrogen and oxygen atoms in total. The fraction of sp³-hybridized carbons (Fsp3) is 0.700. The Hall–Kier alpha value is -0.830. The minimum Gasteiger partial charge on any atom is -0.394 e. The molecule has 2 N–H and O–H groups in total. The van der Waals surface area contributed by atoms with E-state index in [1.807, 2.05) is 6.92 Å². The Labute approximate surface area is 78.8 Å². The number of carbonyl (C=O) groups is 1. The van der Waals surface area contributed by atoms with E-state index < -0.39 is 0 Å². The maximum atomic E-state index is 11.5. The molecule has 0 aromatic rings. The van der Waals surface area contributed by atoms with E-state index in [1.165, 1.54) is 0 Å². The number of amides is 1. The quantitative estimate of drug-likeness (QED) is 0.641. The second-order valence-electron chi connectivity index (χ2n) is 3.72. The van der Waals surface area contributed by atoms with E-state index in [2.05, 4.69) is 5.32 Å². The molecule has 74 valence electrons. The number of allylic oxidation sites excluding steroid dienone is 1. The van der Waals surface area contributed by atoms with Crippen molar-refractivity contribution in [2.45, 2.75) is 38.6 Å². The summed E-state index contributed by atoms with van der Waals surface area (Å²) in [7, 11) is 0. The molecule has 1 fully saturated rings. The molecule has 0 aromatic heterocycles. The molecule has 0 heterocycles. The van der Waals surface area contributed by atoms with Crippen molar-refractivity contribution in [3.63, 3.8) is 0 Å². The summed E-state index contributed by atoms with van der Waals surface area (Å²) < 4.78 is 0. The van der Waals surface area contributed by atoms with Gasteiger partial charge in [-0.3, -0.25) is 4.79 Å². The minimum atomic E-state index is -0.318. The van der Waals surface area contributed by atoms with Crippen LogP contribution in [0, 0.1) is 0 Å². The monoisotopic (exact) mass is 183 g/mol. The van der Waals surface area contributed by atoms with Crippen LogP contribution in [0.15, 0.2) is 11.6 Å². The van der Waals surface area contributed by atoms with Gasteiger partial charge in [-0.05, 0) is 33.1 Å². The van der Waals surface area contributed by atoms with Crippen molar-refractivity contribution in [2.75, 3.05) is 6.61 Å².